The van der Waals surface area contributed by atoms with Crippen molar-refractivity contribution in [2.45, 2.75) is 33.0 Å². The second kappa shape index (κ2) is 11.3. The van der Waals surface area contributed by atoms with Crippen LogP contribution in [0.3, 0.4) is 0 Å². The summed E-state index contributed by atoms with van der Waals surface area (Å²) in [6.45, 7) is 8.38. The SMILES string of the molecule is CCOc1ccccc1N1CCN(C(=O)C(NC(=O)Nc2ccc(C(F)(F)F)cc2)C(C)C)CC1. The molecular formula is C25H31F3N4O3. The lowest BCUT2D eigenvalue weighted by molar-refractivity contribution is -0.137. The number of para-hydroxylation sites is 2. The third kappa shape index (κ3) is 6.80. The van der Waals surface area contributed by atoms with Gasteiger partial charge in [-0.2, -0.15) is 13.2 Å². The lowest BCUT2D eigenvalue weighted by Crippen LogP contribution is -2.57. The number of amides is 3. The van der Waals surface area contributed by atoms with Crippen LogP contribution in [0.4, 0.5) is 29.3 Å². The minimum absolute atomic E-state index is 0.183. The molecule has 190 valence electrons. The molecule has 0 aliphatic carbocycles. The van der Waals surface area contributed by atoms with Gasteiger partial charge in [-0.3, -0.25) is 4.79 Å². The number of rotatable bonds is 7. The quantitative estimate of drug-likeness (QED) is 0.593. The van der Waals surface area contributed by atoms with Crippen LogP contribution in [0.15, 0.2) is 48.5 Å². The highest BCUT2D eigenvalue weighted by Gasteiger charge is 2.32. The first-order valence-electron chi connectivity index (χ1n) is 11.6. The van der Waals surface area contributed by atoms with Crippen molar-refractivity contribution in [3.05, 3.63) is 54.1 Å². The summed E-state index contributed by atoms with van der Waals surface area (Å²) in [6.07, 6.45) is -4.45. The van der Waals surface area contributed by atoms with Gasteiger partial charge in [-0.25, -0.2) is 4.79 Å². The average Bonchev–Trinajstić information content (AvgIpc) is 2.82. The maximum absolute atomic E-state index is 13.2. The monoisotopic (exact) mass is 492 g/mol. The molecule has 0 bridgehead atoms. The molecule has 1 atom stereocenters. The Kier molecular flexibility index (Phi) is 8.48. The molecule has 1 heterocycles. The molecule has 3 amide bonds. The number of hydrogen-bond donors (Lipinski definition) is 2. The molecule has 2 aromatic carbocycles. The fourth-order valence-corrected chi connectivity index (χ4v) is 3.92. The van der Waals surface area contributed by atoms with Crippen molar-refractivity contribution in [2.24, 2.45) is 5.92 Å². The van der Waals surface area contributed by atoms with Gasteiger partial charge in [-0.15, -0.1) is 0 Å². The van der Waals surface area contributed by atoms with Crippen LogP contribution in [-0.2, 0) is 11.0 Å². The summed E-state index contributed by atoms with van der Waals surface area (Å²) >= 11 is 0. The van der Waals surface area contributed by atoms with Gasteiger partial charge in [0, 0.05) is 31.9 Å². The molecule has 7 nitrogen and oxygen atoms in total. The Labute approximate surface area is 203 Å². The Morgan fingerprint density at radius 3 is 2.20 bits per heavy atom. The van der Waals surface area contributed by atoms with Gasteiger partial charge < -0.3 is 25.2 Å². The number of hydrogen-bond acceptors (Lipinski definition) is 4. The van der Waals surface area contributed by atoms with Crippen molar-refractivity contribution in [3.8, 4) is 5.75 Å². The normalized spacial score (nSPS) is 15.1. The zero-order chi connectivity index (χ0) is 25.6. The number of halogens is 3. The Morgan fingerprint density at radius 2 is 1.63 bits per heavy atom. The van der Waals surface area contributed by atoms with Gasteiger partial charge in [-0.05, 0) is 49.2 Å². The van der Waals surface area contributed by atoms with E-state index < -0.39 is 23.8 Å². The Bertz CT molecular complexity index is 1000. The largest absolute Gasteiger partial charge is 0.492 e. The molecule has 1 aliphatic heterocycles. The second-order valence-electron chi connectivity index (χ2n) is 8.61. The number of ether oxygens (including phenoxy) is 1. The first-order chi connectivity index (χ1) is 16.6. The van der Waals surface area contributed by atoms with Gasteiger partial charge in [-0.1, -0.05) is 26.0 Å². The second-order valence-corrected chi connectivity index (χ2v) is 8.61. The first kappa shape index (κ1) is 26.2. The van der Waals surface area contributed by atoms with Crippen LogP contribution < -0.4 is 20.3 Å². The molecule has 1 fully saturated rings. The van der Waals surface area contributed by atoms with E-state index in [4.69, 9.17) is 4.74 Å². The number of alkyl halides is 3. The number of carbonyl (C=O) groups excluding carboxylic acids is 2. The van der Waals surface area contributed by atoms with Gasteiger partial charge in [0.2, 0.25) is 5.91 Å². The molecule has 35 heavy (non-hydrogen) atoms. The van der Waals surface area contributed by atoms with Crippen LogP contribution in [0.1, 0.15) is 26.3 Å². The third-order valence-corrected chi connectivity index (χ3v) is 5.79. The number of carbonyl (C=O) groups is 2. The van der Waals surface area contributed by atoms with Crippen LogP contribution >= 0.6 is 0 Å². The van der Waals surface area contributed by atoms with Crippen molar-refractivity contribution >= 4 is 23.3 Å². The molecule has 1 saturated heterocycles. The highest BCUT2D eigenvalue weighted by Crippen LogP contribution is 2.30. The van der Waals surface area contributed by atoms with Gasteiger partial charge in [0.1, 0.15) is 11.8 Å². The Morgan fingerprint density at radius 1 is 1.00 bits per heavy atom. The third-order valence-electron chi connectivity index (χ3n) is 5.79. The predicted molar refractivity (Wildman–Crippen MR) is 129 cm³/mol. The van der Waals surface area contributed by atoms with Crippen LogP contribution in [0.25, 0.3) is 0 Å². The van der Waals surface area contributed by atoms with Crippen molar-refractivity contribution in [2.75, 3.05) is 43.0 Å². The van der Waals surface area contributed by atoms with Crippen LogP contribution in [0.2, 0.25) is 0 Å². The van der Waals surface area contributed by atoms with Gasteiger partial charge in [0.15, 0.2) is 0 Å². The van der Waals surface area contributed by atoms with E-state index in [1.807, 2.05) is 45.0 Å². The van der Waals surface area contributed by atoms with E-state index in [1.165, 1.54) is 12.1 Å². The van der Waals surface area contributed by atoms with E-state index in [1.54, 1.807) is 4.90 Å². The summed E-state index contributed by atoms with van der Waals surface area (Å²) in [5.41, 5.74) is 0.379. The topological polar surface area (TPSA) is 73.9 Å². The molecular weight excluding hydrogens is 461 g/mol. The van der Waals surface area contributed by atoms with Crippen LogP contribution in [0.5, 0.6) is 5.75 Å². The van der Waals surface area contributed by atoms with E-state index >= 15 is 0 Å². The highest BCUT2D eigenvalue weighted by atomic mass is 19.4. The molecule has 1 aliphatic rings. The number of anilines is 2. The molecule has 0 saturated carbocycles. The number of nitrogens with zero attached hydrogens (tertiary/aromatic N) is 2. The smallest absolute Gasteiger partial charge is 0.416 e. The van der Waals surface area contributed by atoms with Crippen molar-refractivity contribution in [3.63, 3.8) is 0 Å². The van der Waals surface area contributed by atoms with Crippen LogP contribution in [-0.4, -0.2) is 55.7 Å². The van der Waals surface area contributed by atoms with Crippen molar-refractivity contribution < 1.29 is 27.5 Å². The first-order valence-corrected chi connectivity index (χ1v) is 11.6. The summed E-state index contributed by atoms with van der Waals surface area (Å²) in [7, 11) is 0. The molecule has 0 spiro atoms. The minimum Gasteiger partial charge on any atom is -0.492 e. The molecule has 0 radical (unpaired) electrons. The summed E-state index contributed by atoms with van der Waals surface area (Å²) in [6, 6.07) is 10.5. The number of nitrogens with one attached hydrogen (secondary N) is 2. The fraction of sp³-hybridized carbons (Fsp3) is 0.440. The summed E-state index contributed by atoms with van der Waals surface area (Å²) in [4.78, 5) is 29.6. The van der Waals surface area contributed by atoms with E-state index in [0.29, 0.717) is 32.8 Å². The zero-order valence-corrected chi connectivity index (χ0v) is 20.1. The lowest BCUT2D eigenvalue weighted by atomic mass is 10.0. The maximum Gasteiger partial charge on any atom is 0.416 e. The predicted octanol–water partition coefficient (Wildman–Crippen LogP) is 4.60. The number of urea groups is 1. The zero-order valence-electron chi connectivity index (χ0n) is 20.1. The minimum atomic E-state index is -4.45. The molecule has 2 N–H and O–H groups in total. The summed E-state index contributed by atoms with van der Waals surface area (Å²) in [5, 5.41) is 5.18. The molecule has 0 aromatic heterocycles. The van der Waals surface area contributed by atoms with E-state index in [-0.39, 0.29) is 17.5 Å². The molecule has 1 unspecified atom stereocenters. The van der Waals surface area contributed by atoms with Crippen LogP contribution in [0, 0.1) is 5.92 Å². The average molecular weight is 493 g/mol. The molecule has 3 rings (SSSR count). The Hall–Kier alpha value is -3.43. The van der Waals surface area contributed by atoms with Crippen molar-refractivity contribution in [1.29, 1.82) is 0 Å². The number of piperazine rings is 1. The van der Waals surface area contributed by atoms with E-state index in [2.05, 4.69) is 15.5 Å². The summed E-state index contributed by atoms with van der Waals surface area (Å²) < 4.78 is 43.9. The maximum atomic E-state index is 13.2. The van der Waals surface area contributed by atoms with E-state index in [9.17, 15) is 22.8 Å². The molecule has 2 aromatic rings. The molecule has 10 heteroatoms. The van der Waals surface area contributed by atoms with Gasteiger partial charge >= 0.3 is 12.2 Å². The standard InChI is InChI=1S/C25H31F3N4O3/c1-4-35-21-8-6-5-7-20(21)31-13-15-32(16-14-31)23(33)22(17(2)3)30-24(34)29-19-11-9-18(10-12-19)25(26,27)28/h5-12,17,22H,4,13-16H2,1-3H3,(H2,29,30,34). The Balaban J connectivity index is 1.58. The number of benzene rings is 2. The summed E-state index contributed by atoms with van der Waals surface area (Å²) in [5.74, 6) is 0.425. The van der Waals surface area contributed by atoms with Gasteiger partial charge in [0.05, 0.1) is 17.9 Å². The van der Waals surface area contributed by atoms with E-state index in [0.717, 1.165) is 23.6 Å². The van der Waals surface area contributed by atoms with Crippen molar-refractivity contribution in [1.82, 2.24) is 10.2 Å². The highest BCUT2D eigenvalue weighted by molar-refractivity contribution is 5.94. The lowest BCUT2D eigenvalue weighted by Gasteiger charge is -2.38. The van der Waals surface area contributed by atoms with Gasteiger partial charge in [0.25, 0.3) is 0 Å². The fourth-order valence-electron chi connectivity index (χ4n) is 3.92.